The predicted octanol–water partition coefficient (Wildman–Crippen LogP) is 2.67. The molecule has 0 radical (unpaired) electrons. The number of carbonyl (C=O) groups is 1. The monoisotopic (exact) mass is 289 g/mol. The van der Waals surface area contributed by atoms with Crippen LogP contribution >= 0.6 is 11.6 Å². The van der Waals surface area contributed by atoms with Gasteiger partial charge in [0.05, 0.1) is 10.7 Å². The number of amides is 1. The minimum atomic E-state index is -0.185. The Bertz CT molecular complexity index is 592. The van der Waals surface area contributed by atoms with Gasteiger partial charge >= 0.3 is 0 Å². The van der Waals surface area contributed by atoms with Gasteiger partial charge in [-0.25, -0.2) is 0 Å². The maximum absolute atomic E-state index is 12.2. The Balaban J connectivity index is 1.71. The first kappa shape index (κ1) is 13.5. The lowest BCUT2D eigenvalue weighted by atomic mass is 10.1. The number of benzene rings is 1. The number of fused-ring (bicyclic) bond motifs is 1. The molecule has 0 saturated heterocycles. The molecule has 0 spiro atoms. The van der Waals surface area contributed by atoms with Gasteiger partial charge in [-0.05, 0) is 42.9 Å². The normalized spacial score (nSPS) is 26.4. The number of halogens is 1. The van der Waals surface area contributed by atoms with Crippen molar-refractivity contribution >= 4 is 23.2 Å². The summed E-state index contributed by atoms with van der Waals surface area (Å²) in [7, 11) is 0. The molecule has 1 aromatic rings. The highest BCUT2D eigenvalue weighted by Gasteiger charge is 2.56. The molecule has 2 fully saturated rings. The summed E-state index contributed by atoms with van der Waals surface area (Å²) in [5.74, 6) is 6.82. The van der Waals surface area contributed by atoms with Crippen LogP contribution in [0.3, 0.4) is 0 Å². The maximum atomic E-state index is 12.2. The van der Waals surface area contributed by atoms with Crippen LogP contribution in [0.4, 0.5) is 5.69 Å². The van der Waals surface area contributed by atoms with E-state index in [1.807, 2.05) is 0 Å². The highest BCUT2D eigenvalue weighted by Crippen LogP contribution is 2.57. The van der Waals surface area contributed by atoms with Crippen molar-refractivity contribution in [3.8, 4) is 11.8 Å². The first-order valence-corrected chi connectivity index (χ1v) is 7.28. The van der Waals surface area contributed by atoms with Gasteiger partial charge in [0, 0.05) is 11.5 Å². The Hall–Kier alpha value is -1.50. The van der Waals surface area contributed by atoms with Crippen LogP contribution in [0.15, 0.2) is 18.2 Å². The van der Waals surface area contributed by atoms with E-state index in [1.165, 1.54) is 19.3 Å². The Morgan fingerprint density at radius 2 is 2.15 bits per heavy atom. The number of carbonyl (C=O) groups excluding carboxylic acids is 1. The van der Waals surface area contributed by atoms with Crippen molar-refractivity contribution < 1.29 is 9.90 Å². The van der Waals surface area contributed by atoms with Crippen molar-refractivity contribution in [1.82, 2.24) is 0 Å². The summed E-state index contributed by atoms with van der Waals surface area (Å²) in [5, 5.41) is 12.1. The predicted molar refractivity (Wildman–Crippen MR) is 78.4 cm³/mol. The minimum Gasteiger partial charge on any atom is -0.384 e. The summed E-state index contributed by atoms with van der Waals surface area (Å²) < 4.78 is 0. The third-order valence-corrected chi connectivity index (χ3v) is 4.57. The van der Waals surface area contributed by atoms with E-state index in [9.17, 15) is 4.79 Å². The molecular weight excluding hydrogens is 274 g/mol. The van der Waals surface area contributed by atoms with Crippen molar-refractivity contribution in [2.24, 2.45) is 17.8 Å². The lowest BCUT2D eigenvalue weighted by molar-refractivity contribution is -0.118. The highest BCUT2D eigenvalue weighted by molar-refractivity contribution is 6.33. The molecule has 0 heterocycles. The average Bonchev–Trinajstić information content (AvgIpc) is 2.93. The summed E-state index contributed by atoms with van der Waals surface area (Å²) in [4.78, 5) is 12.2. The summed E-state index contributed by atoms with van der Waals surface area (Å²) in [6, 6.07) is 5.24. The number of nitrogens with one attached hydrogen (secondary N) is 1. The first-order chi connectivity index (χ1) is 9.70. The van der Waals surface area contributed by atoms with E-state index in [4.69, 9.17) is 16.7 Å². The molecule has 2 unspecified atom stereocenters. The van der Waals surface area contributed by atoms with Crippen molar-refractivity contribution in [1.29, 1.82) is 0 Å². The highest BCUT2D eigenvalue weighted by atomic mass is 35.5. The van der Waals surface area contributed by atoms with E-state index in [0.717, 1.165) is 5.56 Å². The van der Waals surface area contributed by atoms with Crippen molar-refractivity contribution in [3.63, 3.8) is 0 Å². The first-order valence-electron chi connectivity index (χ1n) is 6.91. The van der Waals surface area contributed by atoms with Gasteiger partial charge in [-0.3, -0.25) is 4.79 Å². The second-order valence-corrected chi connectivity index (χ2v) is 5.84. The summed E-state index contributed by atoms with van der Waals surface area (Å²) in [6.07, 6.45) is 3.61. The molecule has 20 heavy (non-hydrogen) atoms. The zero-order valence-corrected chi connectivity index (χ0v) is 11.8. The van der Waals surface area contributed by atoms with Gasteiger partial charge in [0.2, 0.25) is 5.91 Å². The number of aliphatic hydroxyl groups excluding tert-OH is 1. The van der Waals surface area contributed by atoms with Crippen LogP contribution in [0.25, 0.3) is 0 Å². The molecule has 4 heteroatoms. The van der Waals surface area contributed by atoms with Gasteiger partial charge in [0.1, 0.15) is 6.61 Å². The summed E-state index contributed by atoms with van der Waals surface area (Å²) in [5.41, 5.74) is 1.33. The van der Waals surface area contributed by atoms with Gasteiger partial charge in [0.15, 0.2) is 0 Å². The molecule has 0 bridgehead atoms. The van der Waals surface area contributed by atoms with E-state index < -0.39 is 0 Å². The Morgan fingerprint density at radius 3 is 2.85 bits per heavy atom. The fourth-order valence-electron chi connectivity index (χ4n) is 3.27. The minimum absolute atomic E-state index is 0.0777. The second-order valence-electron chi connectivity index (χ2n) is 5.43. The molecule has 2 aliphatic carbocycles. The van der Waals surface area contributed by atoms with E-state index in [1.54, 1.807) is 18.2 Å². The smallest absolute Gasteiger partial charge is 0.228 e. The SMILES string of the molecule is O=C(Nc1cc(C#CCO)ccc1Cl)C1C2CCCC21. The third-order valence-electron chi connectivity index (χ3n) is 4.25. The molecule has 0 aliphatic heterocycles. The Kier molecular flexibility index (Phi) is 3.69. The molecule has 1 aromatic carbocycles. The number of hydrogen-bond acceptors (Lipinski definition) is 2. The molecule has 2 saturated carbocycles. The zero-order valence-electron chi connectivity index (χ0n) is 11.0. The van der Waals surface area contributed by atoms with Crippen LogP contribution in [-0.4, -0.2) is 17.6 Å². The van der Waals surface area contributed by atoms with E-state index in [0.29, 0.717) is 22.5 Å². The fourth-order valence-corrected chi connectivity index (χ4v) is 3.43. The van der Waals surface area contributed by atoms with Crippen molar-refractivity contribution in [2.45, 2.75) is 19.3 Å². The number of hydrogen-bond donors (Lipinski definition) is 2. The van der Waals surface area contributed by atoms with Gasteiger partial charge in [-0.1, -0.05) is 29.9 Å². The van der Waals surface area contributed by atoms with Crippen molar-refractivity contribution in [3.05, 3.63) is 28.8 Å². The van der Waals surface area contributed by atoms with E-state index >= 15 is 0 Å². The molecular formula is C16H16ClNO2. The molecule has 2 atom stereocenters. The summed E-state index contributed by atoms with van der Waals surface area (Å²) in [6.45, 7) is -0.185. The molecule has 3 nitrogen and oxygen atoms in total. The summed E-state index contributed by atoms with van der Waals surface area (Å²) >= 11 is 6.11. The molecule has 3 rings (SSSR count). The van der Waals surface area contributed by atoms with Crippen LogP contribution in [0.2, 0.25) is 5.02 Å². The van der Waals surface area contributed by atoms with Crippen LogP contribution in [0.5, 0.6) is 0 Å². The average molecular weight is 290 g/mol. The van der Waals surface area contributed by atoms with Gasteiger partial charge < -0.3 is 10.4 Å². The number of rotatable bonds is 2. The van der Waals surface area contributed by atoms with Gasteiger partial charge in [-0.15, -0.1) is 0 Å². The topological polar surface area (TPSA) is 49.3 Å². The fraction of sp³-hybridized carbons (Fsp3) is 0.438. The van der Waals surface area contributed by atoms with Crippen LogP contribution in [0.1, 0.15) is 24.8 Å². The van der Waals surface area contributed by atoms with Crippen LogP contribution < -0.4 is 5.32 Å². The van der Waals surface area contributed by atoms with Gasteiger partial charge in [-0.2, -0.15) is 0 Å². The van der Waals surface area contributed by atoms with E-state index in [-0.39, 0.29) is 18.4 Å². The van der Waals surface area contributed by atoms with Crippen molar-refractivity contribution in [2.75, 3.05) is 11.9 Å². The standard InChI is InChI=1S/C16H16ClNO2/c17-13-7-6-10(3-2-8-19)9-14(13)18-16(20)15-11-4-1-5-12(11)15/h6-7,9,11-12,15,19H,1,4-5,8H2,(H,18,20). The number of aliphatic hydroxyl groups is 1. The molecule has 0 aromatic heterocycles. The maximum Gasteiger partial charge on any atom is 0.228 e. The van der Waals surface area contributed by atoms with E-state index in [2.05, 4.69) is 17.2 Å². The molecule has 104 valence electrons. The third kappa shape index (κ3) is 2.54. The van der Waals surface area contributed by atoms with Crippen LogP contribution in [0, 0.1) is 29.6 Å². The second kappa shape index (κ2) is 5.47. The largest absolute Gasteiger partial charge is 0.384 e. The van der Waals surface area contributed by atoms with Crippen LogP contribution in [-0.2, 0) is 4.79 Å². The quantitative estimate of drug-likeness (QED) is 0.823. The Morgan fingerprint density at radius 1 is 1.40 bits per heavy atom. The van der Waals surface area contributed by atoms with Gasteiger partial charge in [0.25, 0.3) is 0 Å². The lowest BCUT2D eigenvalue weighted by Crippen LogP contribution is -2.16. The number of anilines is 1. The zero-order chi connectivity index (χ0) is 14.1. The molecule has 2 aliphatic rings. The Labute approximate surface area is 123 Å². The molecule has 2 N–H and O–H groups in total. The lowest BCUT2D eigenvalue weighted by Gasteiger charge is -2.09. The molecule has 1 amide bonds.